The fourth-order valence-electron chi connectivity index (χ4n) is 2.47. The summed E-state index contributed by atoms with van der Waals surface area (Å²) in [6.07, 6.45) is -0.154. The molecule has 1 aromatic carbocycles. The number of benzene rings is 1. The molecule has 0 saturated carbocycles. The molecule has 1 saturated heterocycles. The number of urea groups is 1. The summed E-state index contributed by atoms with van der Waals surface area (Å²) in [6.45, 7) is 4.63. The Kier molecular flexibility index (Phi) is 5.43. The van der Waals surface area contributed by atoms with E-state index in [1.54, 1.807) is 4.90 Å². The molecule has 0 unspecified atom stereocenters. The SMILES string of the molecule is COC(=O)c1cc(NC(=O)N2C[C@H](C)O[C@@H](C)C2)cc(Cl)c1F. The zero-order valence-electron chi connectivity index (χ0n) is 13.1. The summed E-state index contributed by atoms with van der Waals surface area (Å²) >= 11 is 5.77. The average Bonchev–Trinajstić information content (AvgIpc) is 2.48. The van der Waals surface area contributed by atoms with E-state index in [4.69, 9.17) is 16.3 Å². The van der Waals surface area contributed by atoms with Gasteiger partial charge in [0.15, 0.2) is 5.82 Å². The Morgan fingerprint density at radius 2 is 1.96 bits per heavy atom. The second-order valence-corrected chi connectivity index (χ2v) is 5.81. The number of nitrogens with zero attached hydrogens (tertiary/aromatic N) is 1. The molecule has 2 rings (SSSR count). The standard InChI is InChI=1S/C15H18ClFN2O4/c1-8-6-19(7-9(2)23-8)15(21)18-10-4-11(14(20)22-3)13(17)12(16)5-10/h4-5,8-9H,6-7H2,1-3H3,(H,18,21)/t8-,9-/m0/s1. The number of esters is 1. The van der Waals surface area contributed by atoms with Crippen LogP contribution in [0.1, 0.15) is 24.2 Å². The lowest BCUT2D eigenvalue weighted by atomic mass is 10.2. The van der Waals surface area contributed by atoms with Crippen LogP contribution in [-0.2, 0) is 9.47 Å². The van der Waals surface area contributed by atoms with Crippen molar-refractivity contribution in [1.82, 2.24) is 4.90 Å². The number of carbonyl (C=O) groups is 2. The summed E-state index contributed by atoms with van der Waals surface area (Å²) in [6, 6.07) is 2.07. The van der Waals surface area contributed by atoms with Gasteiger partial charge in [0.1, 0.15) is 0 Å². The Morgan fingerprint density at radius 3 is 2.52 bits per heavy atom. The summed E-state index contributed by atoms with van der Waals surface area (Å²) in [5, 5.41) is 2.34. The molecule has 0 radical (unpaired) electrons. The number of nitrogens with one attached hydrogen (secondary N) is 1. The first-order chi connectivity index (χ1) is 10.8. The van der Waals surface area contributed by atoms with E-state index in [0.717, 1.165) is 7.11 Å². The van der Waals surface area contributed by atoms with Crippen LogP contribution in [0.25, 0.3) is 0 Å². The number of morpholine rings is 1. The maximum Gasteiger partial charge on any atom is 0.340 e. The van der Waals surface area contributed by atoms with Gasteiger partial charge in [-0.05, 0) is 26.0 Å². The molecule has 6 nitrogen and oxygen atoms in total. The Morgan fingerprint density at radius 1 is 1.35 bits per heavy atom. The number of methoxy groups -OCH3 is 1. The van der Waals surface area contributed by atoms with Gasteiger partial charge in [-0.2, -0.15) is 0 Å². The molecule has 8 heteroatoms. The maximum absolute atomic E-state index is 13.8. The van der Waals surface area contributed by atoms with E-state index >= 15 is 0 Å². The third-order valence-electron chi connectivity index (χ3n) is 3.39. The van der Waals surface area contributed by atoms with Crippen molar-refractivity contribution in [2.24, 2.45) is 0 Å². The van der Waals surface area contributed by atoms with Crippen LogP contribution in [0.3, 0.4) is 0 Å². The number of halogens is 2. The van der Waals surface area contributed by atoms with Crippen LogP contribution in [0.5, 0.6) is 0 Å². The number of amides is 2. The van der Waals surface area contributed by atoms with Crippen LogP contribution in [0, 0.1) is 5.82 Å². The van der Waals surface area contributed by atoms with Gasteiger partial charge >= 0.3 is 12.0 Å². The number of rotatable bonds is 2. The van der Waals surface area contributed by atoms with E-state index < -0.39 is 11.8 Å². The maximum atomic E-state index is 13.8. The zero-order chi connectivity index (χ0) is 17.1. The molecule has 1 aromatic rings. The van der Waals surface area contributed by atoms with Gasteiger partial charge < -0.3 is 19.7 Å². The van der Waals surface area contributed by atoms with Crippen LogP contribution in [0.4, 0.5) is 14.9 Å². The zero-order valence-corrected chi connectivity index (χ0v) is 13.8. The third kappa shape index (κ3) is 4.11. The molecule has 1 aliphatic heterocycles. The van der Waals surface area contributed by atoms with Crippen LogP contribution in [-0.4, -0.2) is 49.3 Å². The molecule has 23 heavy (non-hydrogen) atoms. The van der Waals surface area contributed by atoms with Gasteiger partial charge in [0.05, 0.1) is 29.9 Å². The molecule has 0 bridgehead atoms. The average molecular weight is 345 g/mol. The van der Waals surface area contributed by atoms with E-state index in [9.17, 15) is 14.0 Å². The molecular formula is C15H18ClFN2O4. The topological polar surface area (TPSA) is 67.9 Å². The molecule has 1 heterocycles. The first-order valence-electron chi connectivity index (χ1n) is 7.10. The second-order valence-electron chi connectivity index (χ2n) is 5.40. The van der Waals surface area contributed by atoms with Crippen LogP contribution in [0.2, 0.25) is 5.02 Å². The minimum atomic E-state index is -0.884. The fourth-order valence-corrected chi connectivity index (χ4v) is 2.69. The molecular weight excluding hydrogens is 327 g/mol. The fraction of sp³-hybridized carbons (Fsp3) is 0.467. The van der Waals surface area contributed by atoms with Crippen LogP contribution in [0.15, 0.2) is 12.1 Å². The van der Waals surface area contributed by atoms with Crippen molar-refractivity contribution in [3.8, 4) is 0 Å². The molecule has 0 aliphatic carbocycles. The molecule has 126 valence electrons. The minimum Gasteiger partial charge on any atom is -0.465 e. The van der Waals surface area contributed by atoms with Gasteiger partial charge in [-0.15, -0.1) is 0 Å². The van der Waals surface area contributed by atoms with Crippen molar-refractivity contribution in [1.29, 1.82) is 0 Å². The Balaban J connectivity index is 2.18. The summed E-state index contributed by atoms with van der Waals surface area (Å²) < 4.78 is 23.9. The summed E-state index contributed by atoms with van der Waals surface area (Å²) in [7, 11) is 1.14. The van der Waals surface area contributed by atoms with Gasteiger partial charge in [-0.25, -0.2) is 14.0 Å². The highest BCUT2D eigenvalue weighted by molar-refractivity contribution is 6.31. The van der Waals surface area contributed by atoms with Crippen molar-refractivity contribution < 1.29 is 23.5 Å². The molecule has 2 amide bonds. The van der Waals surface area contributed by atoms with Crippen molar-refractivity contribution in [2.75, 3.05) is 25.5 Å². The van der Waals surface area contributed by atoms with Gasteiger partial charge in [-0.3, -0.25) is 0 Å². The van der Waals surface area contributed by atoms with Gasteiger partial charge in [0.2, 0.25) is 0 Å². The highest BCUT2D eigenvalue weighted by Crippen LogP contribution is 2.25. The second kappa shape index (κ2) is 7.14. The van der Waals surface area contributed by atoms with Gasteiger partial charge in [-0.1, -0.05) is 11.6 Å². The first-order valence-corrected chi connectivity index (χ1v) is 7.48. The van der Waals surface area contributed by atoms with Crippen molar-refractivity contribution in [3.63, 3.8) is 0 Å². The van der Waals surface area contributed by atoms with E-state index in [1.165, 1.54) is 12.1 Å². The Labute approximate surface area is 138 Å². The quantitative estimate of drug-likeness (QED) is 0.838. The molecule has 1 N–H and O–H groups in total. The number of carbonyl (C=O) groups excluding carboxylic acids is 2. The monoisotopic (exact) mass is 344 g/mol. The molecule has 1 aliphatic rings. The predicted molar refractivity (Wildman–Crippen MR) is 83.4 cm³/mol. The van der Waals surface area contributed by atoms with E-state index in [-0.39, 0.29) is 34.5 Å². The number of hydrogen-bond donors (Lipinski definition) is 1. The highest BCUT2D eigenvalue weighted by Gasteiger charge is 2.26. The van der Waals surface area contributed by atoms with Crippen molar-refractivity contribution in [2.45, 2.75) is 26.1 Å². The largest absolute Gasteiger partial charge is 0.465 e. The molecule has 0 spiro atoms. The van der Waals surface area contributed by atoms with Crippen LogP contribution < -0.4 is 5.32 Å². The summed E-state index contributed by atoms with van der Waals surface area (Å²) in [5.74, 6) is -1.75. The lowest BCUT2D eigenvalue weighted by Gasteiger charge is -2.35. The molecule has 1 fully saturated rings. The molecule has 0 aromatic heterocycles. The third-order valence-corrected chi connectivity index (χ3v) is 3.67. The Bertz CT molecular complexity index is 616. The normalized spacial score (nSPS) is 21.0. The van der Waals surface area contributed by atoms with Crippen molar-refractivity contribution in [3.05, 3.63) is 28.5 Å². The van der Waals surface area contributed by atoms with E-state index in [2.05, 4.69) is 10.1 Å². The van der Waals surface area contributed by atoms with E-state index in [0.29, 0.717) is 13.1 Å². The van der Waals surface area contributed by atoms with Crippen LogP contribution >= 0.6 is 11.6 Å². The lowest BCUT2D eigenvalue weighted by Crippen LogP contribution is -2.49. The van der Waals surface area contributed by atoms with E-state index in [1.807, 2.05) is 13.8 Å². The number of anilines is 1. The molecule has 2 atom stereocenters. The summed E-state index contributed by atoms with van der Waals surface area (Å²) in [4.78, 5) is 25.5. The lowest BCUT2D eigenvalue weighted by molar-refractivity contribution is -0.0530. The van der Waals surface area contributed by atoms with Gasteiger partial charge in [0, 0.05) is 18.8 Å². The Hall–Kier alpha value is -1.86. The minimum absolute atomic E-state index is 0.0769. The number of hydrogen-bond acceptors (Lipinski definition) is 4. The summed E-state index contributed by atoms with van der Waals surface area (Å²) in [5.41, 5.74) is -0.118. The van der Waals surface area contributed by atoms with Gasteiger partial charge in [0.25, 0.3) is 0 Å². The first kappa shape index (κ1) is 17.5. The highest BCUT2D eigenvalue weighted by atomic mass is 35.5. The van der Waals surface area contributed by atoms with Crippen molar-refractivity contribution >= 4 is 29.3 Å². The smallest absolute Gasteiger partial charge is 0.340 e. The predicted octanol–water partition coefficient (Wildman–Crippen LogP) is 2.91. The number of ether oxygens (including phenoxy) is 2.